The molecule has 5 N–H and O–H groups in total. The molecule has 0 saturated heterocycles. The van der Waals surface area contributed by atoms with Gasteiger partial charge in [-0.25, -0.2) is 0 Å². The number of carbonyl (C=O) groups excluding carboxylic acids is 4. The van der Waals surface area contributed by atoms with Crippen LogP contribution in [0.2, 0.25) is 0 Å². The highest BCUT2D eigenvalue weighted by molar-refractivity contribution is 5.97. The van der Waals surface area contributed by atoms with Crippen molar-refractivity contribution in [3.63, 3.8) is 0 Å². The summed E-state index contributed by atoms with van der Waals surface area (Å²) >= 11 is 0. The number of carbonyl (C=O) groups is 5. The van der Waals surface area contributed by atoms with Crippen molar-refractivity contribution in [1.29, 1.82) is 0 Å². The van der Waals surface area contributed by atoms with E-state index in [4.69, 9.17) is 5.11 Å². The Labute approximate surface area is 183 Å². The molecular formula is C19H25N5O8. The van der Waals surface area contributed by atoms with Crippen LogP contribution in [0.1, 0.15) is 33.1 Å². The van der Waals surface area contributed by atoms with Crippen molar-refractivity contribution in [3.05, 3.63) is 34.4 Å². The van der Waals surface area contributed by atoms with Crippen LogP contribution in [0.3, 0.4) is 0 Å². The van der Waals surface area contributed by atoms with E-state index in [1.807, 2.05) is 0 Å². The average molecular weight is 451 g/mol. The molecule has 0 bridgehead atoms. The van der Waals surface area contributed by atoms with Gasteiger partial charge in [0, 0.05) is 37.2 Å². The Morgan fingerprint density at radius 1 is 0.906 bits per heavy atom. The van der Waals surface area contributed by atoms with E-state index in [2.05, 4.69) is 21.3 Å². The molecule has 13 heteroatoms. The normalized spacial score (nSPS) is 12.1. The second-order valence-electron chi connectivity index (χ2n) is 6.81. The van der Waals surface area contributed by atoms with Crippen LogP contribution in [0, 0.1) is 10.1 Å². The van der Waals surface area contributed by atoms with Crippen LogP contribution in [0.5, 0.6) is 0 Å². The number of nitro benzene ring substituents is 1. The fourth-order valence-electron chi connectivity index (χ4n) is 2.35. The smallest absolute Gasteiger partial charge is 0.303 e. The minimum Gasteiger partial charge on any atom is -0.481 e. The lowest BCUT2D eigenvalue weighted by Crippen LogP contribution is -2.46. The average Bonchev–Trinajstić information content (AvgIpc) is 2.72. The standard InChI is InChI=1S/C19H25N5O8/c1-11(21-15(25)7-8-17(27)28)18(29)20-10-9-16(26)22-12(2)19(30)23-13-3-5-14(6-4-13)24(31)32/h3-6,11-12H,7-10H2,1-2H3,(H,20,29)(H,21,25)(H,22,26)(H,23,30)(H,27,28)/t11-,12+/m0/s1. The first kappa shape index (κ1) is 26.0. The van der Waals surface area contributed by atoms with Crippen molar-refractivity contribution in [2.45, 2.75) is 45.2 Å². The largest absolute Gasteiger partial charge is 0.481 e. The van der Waals surface area contributed by atoms with Gasteiger partial charge in [-0.3, -0.25) is 34.1 Å². The van der Waals surface area contributed by atoms with Crippen molar-refractivity contribution in [1.82, 2.24) is 16.0 Å². The van der Waals surface area contributed by atoms with Gasteiger partial charge in [0.25, 0.3) is 5.69 Å². The zero-order valence-electron chi connectivity index (χ0n) is 17.5. The molecule has 0 aliphatic heterocycles. The van der Waals surface area contributed by atoms with Crippen LogP contribution in [0.15, 0.2) is 24.3 Å². The van der Waals surface area contributed by atoms with Gasteiger partial charge in [0.05, 0.1) is 11.3 Å². The predicted molar refractivity (Wildman–Crippen MR) is 111 cm³/mol. The summed E-state index contributed by atoms with van der Waals surface area (Å²) in [5.74, 6) is -3.30. The van der Waals surface area contributed by atoms with Gasteiger partial charge in [-0.05, 0) is 26.0 Å². The number of rotatable bonds is 12. The number of aliphatic carboxylic acids is 1. The van der Waals surface area contributed by atoms with E-state index in [1.165, 1.54) is 38.1 Å². The first-order valence-electron chi connectivity index (χ1n) is 9.63. The fraction of sp³-hybridized carbons (Fsp3) is 0.421. The molecule has 0 heterocycles. The summed E-state index contributed by atoms with van der Waals surface area (Å²) in [6.07, 6.45) is -0.730. The fourth-order valence-corrected chi connectivity index (χ4v) is 2.35. The molecule has 13 nitrogen and oxygen atoms in total. The topological polar surface area (TPSA) is 197 Å². The lowest BCUT2D eigenvalue weighted by molar-refractivity contribution is -0.384. The van der Waals surface area contributed by atoms with Gasteiger partial charge in [0.2, 0.25) is 23.6 Å². The van der Waals surface area contributed by atoms with E-state index in [9.17, 15) is 34.1 Å². The molecule has 0 unspecified atom stereocenters. The molecule has 1 rings (SSSR count). The van der Waals surface area contributed by atoms with E-state index in [0.717, 1.165) is 0 Å². The molecule has 1 aromatic carbocycles. The molecule has 0 aliphatic rings. The van der Waals surface area contributed by atoms with Crippen LogP contribution >= 0.6 is 0 Å². The molecule has 0 radical (unpaired) electrons. The Morgan fingerprint density at radius 3 is 1.97 bits per heavy atom. The number of anilines is 1. The number of non-ortho nitro benzene ring substituents is 1. The molecule has 4 amide bonds. The third-order valence-corrected chi connectivity index (χ3v) is 4.10. The highest BCUT2D eigenvalue weighted by Gasteiger charge is 2.18. The highest BCUT2D eigenvalue weighted by Crippen LogP contribution is 2.15. The SMILES string of the molecule is C[C@H](NC(=O)CCC(=O)O)C(=O)NCCC(=O)N[C@H](C)C(=O)Nc1ccc([N+](=O)[O-])cc1. The van der Waals surface area contributed by atoms with E-state index >= 15 is 0 Å². The summed E-state index contributed by atoms with van der Waals surface area (Å²) in [7, 11) is 0. The van der Waals surface area contributed by atoms with Gasteiger partial charge < -0.3 is 26.4 Å². The van der Waals surface area contributed by atoms with Crippen LogP contribution < -0.4 is 21.3 Å². The molecule has 1 aromatic rings. The lowest BCUT2D eigenvalue weighted by atomic mass is 10.2. The molecule has 0 spiro atoms. The van der Waals surface area contributed by atoms with Crippen molar-refractivity contribution in [2.24, 2.45) is 0 Å². The summed E-state index contributed by atoms with van der Waals surface area (Å²) in [6.45, 7) is 2.82. The Kier molecular flexibility index (Phi) is 10.3. The van der Waals surface area contributed by atoms with Gasteiger partial charge in [-0.15, -0.1) is 0 Å². The zero-order chi connectivity index (χ0) is 24.3. The monoisotopic (exact) mass is 451 g/mol. The summed E-state index contributed by atoms with van der Waals surface area (Å²) in [5.41, 5.74) is 0.203. The minimum atomic E-state index is -1.13. The quantitative estimate of drug-likeness (QED) is 0.215. The maximum Gasteiger partial charge on any atom is 0.303 e. The zero-order valence-corrected chi connectivity index (χ0v) is 17.5. The minimum absolute atomic E-state index is 0.0449. The van der Waals surface area contributed by atoms with Gasteiger partial charge >= 0.3 is 5.97 Å². The third-order valence-electron chi connectivity index (χ3n) is 4.10. The van der Waals surface area contributed by atoms with Crippen molar-refractivity contribution in [2.75, 3.05) is 11.9 Å². The molecule has 2 atom stereocenters. The van der Waals surface area contributed by atoms with Crippen LogP contribution in [0.4, 0.5) is 11.4 Å². The Morgan fingerprint density at radius 2 is 1.44 bits per heavy atom. The number of nitrogens with one attached hydrogen (secondary N) is 4. The molecule has 174 valence electrons. The summed E-state index contributed by atoms with van der Waals surface area (Å²) < 4.78 is 0. The van der Waals surface area contributed by atoms with Gasteiger partial charge in [-0.1, -0.05) is 0 Å². The Balaban J connectivity index is 2.34. The van der Waals surface area contributed by atoms with E-state index in [0.29, 0.717) is 5.69 Å². The first-order valence-corrected chi connectivity index (χ1v) is 9.63. The van der Waals surface area contributed by atoms with Gasteiger partial charge in [0.15, 0.2) is 0 Å². The summed E-state index contributed by atoms with van der Waals surface area (Å²) in [6, 6.07) is 3.38. The number of nitrogens with zero attached hydrogens (tertiary/aromatic N) is 1. The summed E-state index contributed by atoms with van der Waals surface area (Å²) in [4.78, 5) is 68.0. The second kappa shape index (κ2) is 12.6. The number of hydrogen-bond acceptors (Lipinski definition) is 7. The van der Waals surface area contributed by atoms with Crippen molar-refractivity contribution < 1.29 is 34.0 Å². The maximum absolute atomic E-state index is 12.1. The highest BCUT2D eigenvalue weighted by atomic mass is 16.6. The van der Waals surface area contributed by atoms with Crippen molar-refractivity contribution in [3.8, 4) is 0 Å². The number of carboxylic acids is 1. The van der Waals surface area contributed by atoms with E-state index in [1.54, 1.807) is 0 Å². The molecule has 0 fully saturated rings. The summed E-state index contributed by atoms with van der Waals surface area (Å²) in [5, 5.41) is 28.9. The predicted octanol–water partition coefficient (Wildman–Crippen LogP) is -0.0862. The molecule has 0 aromatic heterocycles. The number of amides is 4. The number of nitro groups is 1. The number of hydrogen-bond donors (Lipinski definition) is 5. The van der Waals surface area contributed by atoms with Gasteiger partial charge in [0.1, 0.15) is 12.1 Å². The third kappa shape index (κ3) is 9.65. The molecule has 0 aliphatic carbocycles. The second-order valence-corrected chi connectivity index (χ2v) is 6.81. The molecule has 32 heavy (non-hydrogen) atoms. The van der Waals surface area contributed by atoms with Crippen molar-refractivity contribution >= 4 is 41.0 Å². The van der Waals surface area contributed by atoms with Gasteiger partial charge in [-0.2, -0.15) is 0 Å². The van der Waals surface area contributed by atoms with E-state index < -0.39 is 46.6 Å². The number of benzene rings is 1. The maximum atomic E-state index is 12.1. The molecular weight excluding hydrogens is 426 g/mol. The van der Waals surface area contributed by atoms with Crippen LogP contribution in [-0.2, 0) is 24.0 Å². The Bertz CT molecular complexity index is 871. The first-order chi connectivity index (χ1) is 15.0. The number of carboxylic acid groups (broad SMARTS) is 1. The molecule has 0 saturated carbocycles. The van der Waals surface area contributed by atoms with E-state index in [-0.39, 0.29) is 31.5 Å². The van der Waals surface area contributed by atoms with Crippen LogP contribution in [0.25, 0.3) is 0 Å². The Hall–Kier alpha value is -4.03. The lowest BCUT2D eigenvalue weighted by Gasteiger charge is -2.15. The van der Waals surface area contributed by atoms with Crippen LogP contribution in [-0.4, -0.2) is 58.3 Å².